The first-order valence-corrected chi connectivity index (χ1v) is 4.85. The first-order valence-electron chi connectivity index (χ1n) is 4.85. The van der Waals surface area contributed by atoms with Gasteiger partial charge >= 0.3 is 5.97 Å². The highest BCUT2D eigenvalue weighted by Crippen LogP contribution is 2.19. The van der Waals surface area contributed by atoms with Gasteiger partial charge in [0.05, 0.1) is 11.7 Å². The largest absolute Gasteiger partial charge is 0.460 e. The van der Waals surface area contributed by atoms with Crippen molar-refractivity contribution >= 4 is 5.97 Å². The molecule has 0 bridgehead atoms. The molecule has 1 aromatic heterocycles. The van der Waals surface area contributed by atoms with E-state index in [9.17, 15) is 9.90 Å². The predicted octanol–water partition coefficient (Wildman–Crippen LogP) is 1.02. The number of aliphatic hydroxyl groups is 1. The lowest BCUT2D eigenvalue weighted by Crippen LogP contribution is -2.17. The number of aromatic nitrogens is 2. The number of ether oxygens (including phenoxy) is 1. The summed E-state index contributed by atoms with van der Waals surface area (Å²) in [6.07, 6.45) is 2.80. The van der Waals surface area contributed by atoms with Crippen LogP contribution in [0.25, 0.3) is 0 Å². The monoisotopic (exact) mass is 222 g/mol. The molecule has 1 unspecified atom stereocenters. The van der Waals surface area contributed by atoms with E-state index in [-0.39, 0.29) is 11.7 Å². The molecule has 1 atom stereocenters. The number of carbonyl (C=O) groups is 1. The highest BCUT2D eigenvalue weighted by Gasteiger charge is 2.20. The van der Waals surface area contributed by atoms with Crippen molar-refractivity contribution in [2.24, 2.45) is 0 Å². The summed E-state index contributed by atoms with van der Waals surface area (Å²) in [5.74, 6) is -0.619. The lowest BCUT2D eigenvalue weighted by atomic mass is 10.1. The van der Waals surface area contributed by atoms with Crippen LogP contribution in [0.5, 0.6) is 0 Å². The Bertz CT molecular complexity index is 376. The topological polar surface area (TPSA) is 72.3 Å². The van der Waals surface area contributed by atoms with Gasteiger partial charge in [-0.1, -0.05) is 6.58 Å². The van der Waals surface area contributed by atoms with Gasteiger partial charge in [-0.15, -0.1) is 0 Å². The van der Waals surface area contributed by atoms with Gasteiger partial charge in [-0.3, -0.25) is 0 Å². The zero-order valence-corrected chi connectivity index (χ0v) is 9.25. The van der Waals surface area contributed by atoms with E-state index in [1.165, 1.54) is 18.7 Å². The van der Waals surface area contributed by atoms with E-state index < -0.39 is 12.1 Å². The second-order valence-corrected chi connectivity index (χ2v) is 3.55. The van der Waals surface area contributed by atoms with Crippen molar-refractivity contribution in [3.05, 3.63) is 36.4 Å². The molecule has 0 radical (unpaired) electrons. The van der Waals surface area contributed by atoms with E-state index in [4.69, 9.17) is 4.74 Å². The molecule has 0 fully saturated rings. The van der Waals surface area contributed by atoms with Crippen LogP contribution in [0.4, 0.5) is 0 Å². The maximum Gasteiger partial charge on any atom is 0.336 e. The van der Waals surface area contributed by atoms with Gasteiger partial charge in [0, 0.05) is 18.0 Å². The number of nitrogens with zero attached hydrogens (tertiary/aromatic N) is 2. The molecule has 16 heavy (non-hydrogen) atoms. The Labute approximate surface area is 93.8 Å². The minimum atomic E-state index is -1.13. The standard InChI is InChI=1S/C11H14N2O3/c1-7(2)16-11(15)8(3)10(14)9-4-12-6-13-5-9/h4-7,10,14H,3H2,1-2H3. The summed E-state index contributed by atoms with van der Waals surface area (Å²) in [5, 5.41) is 9.79. The predicted molar refractivity (Wildman–Crippen MR) is 57.4 cm³/mol. The van der Waals surface area contributed by atoms with Crippen molar-refractivity contribution in [2.45, 2.75) is 26.1 Å². The fourth-order valence-electron chi connectivity index (χ4n) is 1.05. The van der Waals surface area contributed by atoms with Crippen molar-refractivity contribution in [3.63, 3.8) is 0 Å². The minimum absolute atomic E-state index is 0.0245. The molecular weight excluding hydrogens is 208 g/mol. The molecule has 0 amide bonds. The van der Waals surface area contributed by atoms with Gasteiger partial charge < -0.3 is 9.84 Å². The molecule has 5 heteroatoms. The summed E-state index contributed by atoms with van der Waals surface area (Å²) < 4.78 is 4.92. The fraction of sp³-hybridized carbons (Fsp3) is 0.364. The highest BCUT2D eigenvalue weighted by atomic mass is 16.5. The summed E-state index contributed by atoms with van der Waals surface area (Å²) in [4.78, 5) is 18.9. The van der Waals surface area contributed by atoms with Crippen LogP contribution in [-0.4, -0.2) is 27.1 Å². The fourth-order valence-corrected chi connectivity index (χ4v) is 1.05. The SMILES string of the molecule is C=C(C(=O)OC(C)C)C(O)c1cncnc1. The minimum Gasteiger partial charge on any atom is -0.460 e. The quantitative estimate of drug-likeness (QED) is 0.608. The number of aliphatic hydroxyl groups excluding tert-OH is 1. The van der Waals surface area contributed by atoms with Gasteiger partial charge in [0.2, 0.25) is 0 Å². The summed E-state index contributed by atoms with van der Waals surface area (Å²) in [6, 6.07) is 0. The second kappa shape index (κ2) is 5.37. The van der Waals surface area contributed by atoms with Gasteiger partial charge in [0.25, 0.3) is 0 Å². The summed E-state index contributed by atoms with van der Waals surface area (Å²) >= 11 is 0. The molecule has 0 spiro atoms. The molecule has 0 aromatic carbocycles. The van der Waals surface area contributed by atoms with Crippen molar-refractivity contribution in [2.75, 3.05) is 0 Å². The zero-order valence-electron chi connectivity index (χ0n) is 9.25. The van der Waals surface area contributed by atoms with Crippen molar-refractivity contribution < 1.29 is 14.6 Å². The molecule has 0 aliphatic heterocycles. The van der Waals surface area contributed by atoms with Gasteiger partial charge in [-0.05, 0) is 13.8 Å². The van der Waals surface area contributed by atoms with E-state index in [1.54, 1.807) is 13.8 Å². The third-order valence-corrected chi connectivity index (χ3v) is 1.83. The lowest BCUT2D eigenvalue weighted by molar-refractivity contribution is -0.143. The summed E-state index contributed by atoms with van der Waals surface area (Å²) in [5.41, 5.74) is 0.386. The van der Waals surface area contributed by atoms with Crippen LogP contribution in [0.1, 0.15) is 25.5 Å². The van der Waals surface area contributed by atoms with Crippen molar-refractivity contribution in [3.8, 4) is 0 Å². The molecule has 1 N–H and O–H groups in total. The van der Waals surface area contributed by atoms with E-state index in [2.05, 4.69) is 16.5 Å². The molecule has 1 rings (SSSR count). The average Bonchev–Trinajstić information content (AvgIpc) is 2.27. The first kappa shape index (κ1) is 12.3. The number of hydrogen-bond acceptors (Lipinski definition) is 5. The zero-order chi connectivity index (χ0) is 12.1. The smallest absolute Gasteiger partial charge is 0.336 e. The van der Waals surface area contributed by atoms with E-state index in [0.717, 1.165) is 0 Å². The molecule has 5 nitrogen and oxygen atoms in total. The van der Waals surface area contributed by atoms with Gasteiger partial charge in [0.1, 0.15) is 12.4 Å². The molecule has 0 aliphatic carbocycles. The van der Waals surface area contributed by atoms with Crippen LogP contribution in [0.15, 0.2) is 30.9 Å². The highest BCUT2D eigenvalue weighted by molar-refractivity contribution is 5.89. The Morgan fingerprint density at radius 3 is 2.50 bits per heavy atom. The molecule has 1 heterocycles. The third kappa shape index (κ3) is 3.13. The average molecular weight is 222 g/mol. The Morgan fingerprint density at radius 1 is 1.44 bits per heavy atom. The molecule has 0 aliphatic rings. The van der Waals surface area contributed by atoms with Crippen LogP contribution in [-0.2, 0) is 9.53 Å². The first-order chi connectivity index (χ1) is 7.52. The molecule has 0 saturated carbocycles. The number of esters is 1. The second-order valence-electron chi connectivity index (χ2n) is 3.55. The third-order valence-electron chi connectivity index (χ3n) is 1.83. The van der Waals surface area contributed by atoms with E-state index in [1.807, 2.05) is 0 Å². The molecular formula is C11H14N2O3. The maximum atomic E-state index is 11.4. The molecule has 86 valence electrons. The Balaban J connectivity index is 2.72. The van der Waals surface area contributed by atoms with Gasteiger partial charge in [0.15, 0.2) is 0 Å². The molecule has 0 saturated heterocycles. The number of rotatable bonds is 4. The van der Waals surface area contributed by atoms with Crippen LogP contribution in [0.2, 0.25) is 0 Å². The van der Waals surface area contributed by atoms with Crippen LogP contribution >= 0.6 is 0 Å². The maximum absolute atomic E-state index is 11.4. The van der Waals surface area contributed by atoms with E-state index >= 15 is 0 Å². The van der Waals surface area contributed by atoms with Gasteiger partial charge in [-0.25, -0.2) is 14.8 Å². The van der Waals surface area contributed by atoms with E-state index in [0.29, 0.717) is 5.56 Å². The Kier molecular flexibility index (Phi) is 4.13. The number of carbonyl (C=O) groups excluding carboxylic acids is 1. The Morgan fingerprint density at radius 2 is 2.00 bits per heavy atom. The Hall–Kier alpha value is -1.75. The van der Waals surface area contributed by atoms with Crippen LogP contribution in [0.3, 0.4) is 0 Å². The van der Waals surface area contributed by atoms with Gasteiger partial charge in [-0.2, -0.15) is 0 Å². The van der Waals surface area contributed by atoms with Crippen LogP contribution in [0, 0.1) is 0 Å². The summed E-state index contributed by atoms with van der Waals surface area (Å²) in [6.45, 7) is 6.95. The number of hydrogen-bond donors (Lipinski definition) is 1. The summed E-state index contributed by atoms with van der Waals surface area (Å²) in [7, 11) is 0. The van der Waals surface area contributed by atoms with Crippen molar-refractivity contribution in [1.29, 1.82) is 0 Å². The van der Waals surface area contributed by atoms with Crippen molar-refractivity contribution in [1.82, 2.24) is 9.97 Å². The molecule has 1 aromatic rings. The lowest BCUT2D eigenvalue weighted by Gasteiger charge is -2.14. The normalized spacial score (nSPS) is 12.2. The van der Waals surface area contributed by atoms with Crippen LogP contribution < -0.4 is 0 Å².